The second-order valence-corrected chi connectivity index (χ2v) is 5.66. The predicted octanol–water partition coefficient (Wildman–Crippen LogP) is 3.04. The molecule has 2 aromatic rings. The van der Waals surface area contributed by atoms with E-state index >= 15 is 0 Å². The van der Waals surface area contributed by atoms with E-state index in [0.717, 1.165) is 47.1 Å². The number of hydrogen-bond donors (Lipinski definition) is 2. The van der Waals surface area contributed by atoms with Gasteiger partial charge < -0.3 is 15.5 Å². The molecule has 2 N–H and O–H groups in total. The average Bonchev–Trinajstić information content (AvgIpc) is 2.51. The topological polar surface area (TPSA) is 44.4 Å². The molecule has 1 heterocycles. The van der Waals surface area contributed by atoms with Crippen LogP contribution >= 0.6 is 15.9 Å². The molecule has 4 nitrogen and oxygen atoms in total. The summed E-state index contributed by atoms with van der Waals surface area (Å²) in [5.41, 5.74) is 0.854. The molecule has 5 heteroatoms. The molecule has 0 aromatic heterocycles. The van der Waals surface area contributed by atoms with Gasteiger partial charge in [-0.15, -0.1) is 0 Å². The van der Waals surface area contributed by atoms with Gasteiger partial charge in [-0.05, 0) is 17.5 Å². The summed E-state index contributed by atoms with van der Waals surface area (Å²) in [6.45, 7) is 3.21. The maximum absolute atomic E-state index is 12.3. The first-order chi connectivity index (χ1) is 9.75. The number of carbonyl (C=O) groups is 1. The van der Waals surface area contributed by atoms with E-state index in [0.29, 0.717) is 0 Å². The summed E-state index contributed by atoms with van der Waals surface area (Å²) < 4.78 is 1.04. The number of benzene rings is 2. The second-order valence-electron chi connectivity index (χ2n) is 4.81. The normalized spacial score (nSPS) is 15.3. The van der Waals surface area contributed by atoms with Gasteiger partial charge in [-0.3, -0.25) is 0 Å². The fraction of sp³-hybridized carbons (Fsp3) is 0.267. The summed E-state index contributed by atoms with van der Waals surface area (Å²) in [5.74, 6) is 0. The smallest absolute Gasteiger partial charge is 0.321 e. The molecule has 0 aliphatic carbocycles. The highest BCUT2D eigenvalue weighted by atomic mass is 79.9. The summed E-state index contributed by atoms with van der Waals surface area (Å²) in [6, 6.07) is 11.9. The lowest BCUT2D eigenvalue weighted by Gasteiger charge is -2.27. The Kier molecular flexibility index (Phi) is 3.89. The van der Waals surface area contributed by atoms with Crippen LogP contribution in [0.5, 0.6) is 0 Å². The van der Waals surface area contributed by atoms with Crippen LogP contribution < -0.4 is 10.6 Å². The largest absolute Gasteiger partial charge is 0.322 e. The van der Waals surface area contributed by atoms with Crippen molar-refractivity contribution in [3.05, 3.63) is 40.9 Å². The highest BCUT2D eigenvalue weighted by molar-refractivity contribution is 9.10. The van der Waals surface area contributed by atoms with Gasteiger partial charge in [0.15, 0.2) is 0 Å². The van der Waals surface area contributed by atoms with Crippen molar-refractivity contribution in [2.75, 3.05) is 31.5 Å². The molecule has 0 bridgehead atoms. The van der Waals surface area contributed by atoms with Crippen LogP contribution in [0.2, 0.25) is 0 Å². The molecule has 20 heavy (non-hydrogen) atoms. The Labute approximate surface area is 126 Å². The lowest BCUT2D eigenvalue weighted by atomic mass is 10.1. The van der Waals surface area contributed by atoms with E-state index in [1.165, 1.54) is 0 Å². The molecular weight excluding hydrogens is 318 g/mol. The summed E-state index contributed by atoms with van der Waals surface area (Å²) in [6.07, 6.45) is 0. The fourth-order valence-electron chi connectivity index (χ4n) is 2.43. The molecule has 0 unspecified atom stereocenters. The van der Waals surface area contributed by atoms with Gasteiger partial charge >= 0.3 is 6.03 Å². The quantitative estimate of drug-likeness (QED) is 0.842. The Bertz CT molecular complexity index is 638. The molecule has 104 valence electrons. The third kappa shape index (κ3) is 2.64. The van der Waals surface area contributed by atoms with Gasteiger partial charge in [0.1, 0.15) is 0 Å². The zero-order chi connectivity index (χ0) is 13.9. The number of piperazine rings is 1. The number of halogens is 1. The van der Waals surface area contributed by atoms with Gasteiger partial charge in [-0.1, -0.05) is 40.2 Å². The van der Waals surface area contributed by atoms with Gasteiger partial charge in [0.05, 0.1) is 5.69 Å². The molecule has 0 saturated carbocycles. The molecule has 1 aliphatic rings. The van der Waals surface area contributed by atoms with Gasteiger partial charge in [-0.2, -0.15) is 0 Å². The average molecular weight is 334 g/mol. The number of urea groups is 1. The standard InChI is InChI=1S/C15H16BrN3O/c16-13-5-6-14(12-4-2-1-3-11(12)13)18-15(20)19-9-7-17-8-10-19/h1-6,17H,7-10H2,(H,18,20). The van der Waals surface area contributed by atoms with Crippen LogP contribution in [0.3, 0.4) is 0 Å². The minimum Gasteiger partial charge on any atom is -0.322 e. The molecule has 0 atom stereocenters. The lowest BCUT2D eigenvalue weighted by Crippen LogP contribution is -2.48. The number of nitrogens with one attached hydrogen (secondary N) is 2. The Morgan fingerprint density at radius 2 is 1.80 bits per heavy atom. The Balaban J connectivity index is 1.87. The molecule has 2 amide bonds. The molecular formula is C15H16BrN3O. The number of anilines is 1. The van der Waals surface area contributed by atoms with E-state index in [1.807, 2.05) is 41.3 Å². The summed E-state index contributed by atoms with van der Waals surface area (Å²) >= 11 is 3.54. The molecule has 3 rings (SSSR count). The van der Waals surface area contributed by atoms with Crippen molar-refractivity contribution in [2.45, 2.75) is 0 Å². The van der Waals surface area contributed by atoms with E-state index in [2.05, 4.69) is 26.6 Å². The Hall–Kier alpha value is -1.59. The second kappa shape index (κ2) is 5.81. The fourth-order valence-corrected chi connectivity index (χ4v) is 2.91. The van der Waals surface area contributed by atoms with Crippen molar-refractivity contribution < 1.29 is 4.79 Å². The molecule has 0 spiro atoms. The van der Waals surface area contributed by atoms with Gasteiger partial charge in [0.2, 0.25) is 0 Å². The minimum absolute atomic E-state index is 0.0287. The Morgan fingerprint density at radius 3 is 2.55 bits per heavy atom. The minimum atomic E-state index is -0.0287. The summed E-state index contributed by atoms with van der Waals surface area (Å²) in [4.78, 5) is 14.1. The van der Waals surface area contributed by atoms with Crippen LogP contribution in [0, 0.1) is 0 Å². The molecule has 2 aromatic carbocycles. The number of fused-ring (bicyclic) bond motifs is 1. The maximum atomic E-state index is 12.3. The van der Waals surface area contributed by atoms with Crippen LogP contribution in [-0.4, -0.2) is 37.1 Å². The maximum Gasteiger partial charge on any atom is 0.321 e. The van der Waals surface area contributed by atoms with Gasteiger partial charge in [0, 0.05) is 36.0 Å². The van der Waals surface area contributed by atoms with Crippen molar-refractivity contribution in [1.82, 2.24) is 10.2 Å². The van der Waals surface area contributed by atoms with Crippen LogP contribution in [0.1, 0.15) is 0 Å². The number of hydrogen-bond acceptors (Lipinski definition) is 2. The van der Waals surface area contributed by atoms with Crippen molar-refractivity contribution in [2.24, 2.45) is 0 Å². The highest BCUT2D eigenvalue weighted by Gasteiger charge is 2.16. The highest BCUT2D eigenvalue weighted by Crippen LogP contribution is 2.30. The zero-order valence-corrected chi connectivity index (χ0v) is 12.6. The third-order valence-electron chi connectivity index (χ3n) is 3.52. The van der Waals surface area contributed by atoms with Crippen molar-refractivity contribution in [3.8, 4) is 0 Å². The first kappa shape index (κ1) is 13.4. The number of nitrogens with zero attached hydrogens (tertiary/aromatic N) is 1. The van der Waals surface area contributed by atoms with Crippen LogP contribution in [-0.2, 0) is 0 Å². The van der Waals surface area contributed by atoms with Crippen LogP contribution in [0.15, 0.2) is 40.9 Å². The van der Waals surface area contributed by atoms with E-state index in [1.54, 1.807) is 0 Å². The zero-order valence-electron chi connectivity index (χ0n) is 11.0. The monoisotopic (exact) mass is 333 g/mol. The van der Waals surface area contributed by atoms with E-state index in [-0.39, 0.29) is 6.03 Å². The van der Waals surface area contributed by atoms with Crippen LogP contribution in [0.25, 0.3) is 10.8 Å². The summed E-state index contributed by atoms with van der Waals surface area (Å²) in [5, 5.41) is 8.41. The Morgan fingerprint density at radius 1 is 1.10 bits per heavy atom. The summed E-state index contributed by atoms with van der Waals surface area (Å²) in [7, 11) is 0. The van der Waals surface area contributed by atoms with E-state index < -0.39 is 0 Å². The molecule has 1 fully saturated rings. The number of carbonyl (C=O) groups excluding carboxylic acids is 1. The number of amides is 2. The SMILES string of the molecule is O=C(Nc1ccc(Br)c2ccccc12)N1CCNCC1. The van der Waals surface area contributed by atoms with E-state index in [9.17, 15) is 4.79 Å². The van der Waals surface area contributed by atoms with E-state index in [4.69, 9.17) is 0 Å². The molecule has 1 aliphatic heterocycles. The first-order valence-corrected chi connectivity index (χ1v) is 7.49. The predicted molar refractivity (Wildman–Crippen MR) is 85.1 cm³/mol. The molecule has 1 saturated heterocycles. The lowest BCUT2D eigenvalue weighted by molar-refractivity contribution is 0.204. The van der Waals surface area contributed by atoms with Crippen LogP contribution in [0.4, 0.5) is 10.5 Å². The number of rotatable bonds is 1. The third-order valence-corrected chi connectivity index (χ3v) is 4.21. The van der Waals surface area contributed by atoms with Gasteiger partial charge in [-0.25, -0.2) is 4.79 Å². The first-order valence-electron chi connectivity index (χ1n) is 6.69. The van der Waals surface area contributed by atoms with Crippen molar-refractivity contribution >= 4 is 38.4 Å². The van der Waals surface area contributed by atoms with Gasteiger partial charge in [0.25, 0.3) is 0 Å². The van der Waals surface area contributed by atoms with Crippen molar-refractivity contribution in [1.29, 1.82) is 0 Å². The van der Waals surface area contributed by atoms with Crippen molar-refractivity contribution in [3.63, 3.8) is 0 Å². The molecule has 0 radical (unpaired) electrons.